The predicted molar refractivity (Wildman–Crippen MR) is 379 cm³/mol. The third kappa shape index (κ3) is 73.3. The Labute approximate surface area is 548 Å². The molecule has 0 aliphatic rings. The molecule has 0 spiro atoms. The lowest BCUT2D eigenvalue weighted by atomic mass is 10.0. The standard InChI is InChI=1S/C78H150NO8P/c1-6-8-10-12-14-16-18-20-22-24-26-28-30-32-33-34-35-36-37-38-39-40-41-42-43-44-45-47-49-51-53-55-57-59-61-63-65-67-69-71-78(81)87-76(75-86-88(82,83)85-73-72-79(3,4)5)74-84-77(80)70-68-66-64-62-60-58-56-54-52-50-48-46-31-29-27-25-23-21-19-17-15-13-11-9-7-2/h18,20,24-27,76H,6-17,19,21-23,28-75H2,1-5H3/b20-18-,26-24-,27-25-. The Morgan fingerprint density at radius 1 is 0.352 bits per heavy atom. The zero-order chi connectivity index (χ0) is 64.1. The largest absolute Gasteiger partial charge is 0.756 e. The van der Waals surface area contributed by atoms with Crippen molar-refractivity contribution in [2.24, 2.45) is 0 Å². The molecule has 2 unspecified atom stereocenters. The first-order valence-corrected chi connectivity index (χ1v) is 40.2. The van der Waals surface area contributed by atoms with Gasteiger partial charge in [-0.05, 0) is 70.6 Å². The van der Waals surface area contributed by atoms with Crippen LogP contribution < -0.4 is 4.89 Å². The van der Waals surface area contributed by atoms with Gasteiger partial charge in [-0.15, -0.1) is 0 Å². The number of nitrogens with zero attached hydrogens (tertiary/aromatic N) is 1. The van der Waals surface area contributed by atoms with Crippen LogP contribution in [-0.2, 0) is 32.7 Å². The number of carbonyl (C=O) groups excluding carboxylic acids is 2. The summed E-state index contributed by atoms with van der Waals surface area (Å²) in [5.74, 6) is -0.810. The Morgan fingerprint density at radius 3 is 0.909 bits per heavy atom. The fourth-order valence-corrected chi connectivity index (χ4v) is 12.4. The van der Waals surface area contributed by atoms with E-state index in [1.807, 2.05) is 21.1 Å². The Kier molecular flexibility index (Phi) is 68.2. The van der Waals surface area contributed by atoms with Gasteiger partial charge in [0, 0.05) is 12.8 Å². The molecule has 0 radical (unpaired) electrons. The molecule has 0 rings (SSSR count). The molecule has 0 saturated carbocycles. The van der Waals surface area contributed by atoms with Crippen LogP contribution >= 0.6 is 7.82 Å². The Balaban J connectivity index is 3.90. The number of unbranched alkanes of at least 4 members (excludes halogenated alkanes) is 53. The fourth-order valence-electron chi connectivity index (χ4n) is 11.7. The molecule has 0 bridgehead atoms. The van der Waals surface area contributed by atoms with Crippen LogP contribution in [0.25, 0.3) is 0 Å². The third-order valence-electron chi connectivity index (χ3n) is 17.6. The van der Waals surface area contributed by atoms with E-state index in [0.717, 1.165) is 38.5 Å². The van der Waals surface area contributed by atoms with Crippen LogP contribution in [0.4, 0.5) is 0 Å². The first-order chi connectivity index (χ1) is 43.0. The zero-order valence-electron chi connectivity index (χ0n) is 59.5. The summed E-state index contributed by atoms with van der Waals surface area (Å²) in [6.45, 7) is 4.30. The lowest BCUT2D eigenvalue weighted by Gasteiger charge is -2.28. The van der Waals surface area contributed by atoms with Gasteiger partial charge >= 0.3 is 11.9 Å². The van der Waals surface area contributed by atoms with Crippen LogP contribution in [0.5, 0.6) is 0 Å². The molecule has 9 nitrogen and oxygen atoms in total. The highest BCUT2D eigenvalue weighted by Gasteiger charge is 2.22. The van der Waals surface area contributed by atoms with Gasteiger partial charge < -0.3 is 27.9 Å². The maximum absolute atomic E-state index is 12.9. The highest BCUT2D eigenvalue weighted by Crippen LogP contribution is 2.38. The second kappa shape index (κ2) is 69.6. The highest BCUT2D eigenvalue weighted by molar-refractivity contribution is 7.45. The third-order valence-corrected chi connectivity index (χ3v) is 18.6. The average Bonchev–Trinajstić information content (AvgIpc) is 3.68. The number of phosphoric ester groups is 1. The van der Waals surface area contributed by atoms with Crippen molar-refractivity contribution in [2.45, 2.75) is 405 Å². The monoisotopic (exact) mass is 1260 g/mol. The van der Waals surface area contributed by atoms with Gasteiger partial charge in [-0.25, -0.2) is 0 Å². The molecule has 0 saturated heterocycles. The minimum Gasteiger partial charge on any atom is -0.756 e. The molecule has 520 valence electrons. The maximum atomic E-state index is 12.9. The second-order valence-electron chi connectivity index (χ2n) is 27.7. The molecule has 0 amide bonds. The van der Waals surface area contributed by atoms with Gasteiger partial charge in [0.1, 0.15) is 19.8 Å². The van der Waals surface area contributed by atoms with E-state index in [1.165, 1.54) is 327 Å². The molecule has 0 aliphatic heterocycles. The van der Waals surface area contributed by atoms with Gasteiger partial charge in [-0.1, -0.05) is 352 Å². The van der Waals surface area contributed by atoms with Crippen molar-refractivity contribution < 1.29 is 42.1 Å². The maximum Gasteiger partial charge on any atom is 0.306 e. The van der Waals surface area contributed by atoms with Crippen LogP contribution in [0, 0.1) is 0 Å². The molecular weight excluding hydrogens is 1110 g/mol. The van der Waals surface area contributed by atoms with Crippen molar-refractivity contribution in [3.63, 3.8) is 0 Å². The summed E-state index contributed by atoms with van der Waals surface area (Å²) >= 11 is 0. The number of ether oxygens (including phenoxy) is 2. The topological polar surface area (TPSA) is 111 Å². The summed E-state index contributed by atoms with van der Waals surface area (Å²) in [5.41, 5.74) is 0. The van der Waals surface area contributed by atoms with Crippen LogP contribution in [-0.4, -0.2) is 70.0 Å². The lowest BCUT2D eigenvalue weighted by Crippen LogP contribution is -2.37. The number of allylic oxidation sites excluding steroid dienone is 6. The summed E-state index contributed by atoms with van der Waals surface area (Å²) in [5, 5.41) is 0. The van der Waals surface area contributed by atoms with Crippen LogP contribution in [0.2, 0.25) is 0 Å². The Morgan fingerprint density at radius 2 is 0.614 bits per heavy atom. The van der Waals surface area contributed by atoms with Gasteiger partial charge in [0.2, 0.25) is 0 Å². The average molecular weight is 1260 g/mol. The molecule has 88 heavy (non-hydrogen) atoms. The van der Waals surface area contributed by atoms with Crippen LogP contribution in [0.15, 0.2) is 36.5 Å². The molecule has 0 aliphatic carbocycles. The normalized spacial score (nSPS) is 13.2. The number of rotatable bonds is 73. The summed E-state index contributed by atoms with van der Waals surface area (Å²) in [6, 6.07) is 0. The van der Waals surface area contributed by atoms with Gasteiger partial charge in [0.05, 0.1) is 27.7 Å². The molecule has 0 aromatic carbocycles. The zero-order valence-corrected chi connectivity index (χ0v) is 60.4. The summed E-state index contributed by atoms with van der Waals surface area (Å²) in [4.78, 5) is 38.1. The molecule has 0 fully saturated rings. The van der Waals surface area contributed by atoms with E-state index < -0.39 is 26.5 Å². The smallest absolute Gasteiger partial charge is 0.306 e. The van der Waals surface area contributed by atoms with Gasteiger partial charge in [0.15, 0.2) is 6.10 Å². The molecule has 10 heteroatoms. The number of quaternary nitrogens is 1. The van der Waals surface area contributed by atoms with Crippen molar-refractivity contribution in [2.75, 3.05) is 47.5 Å². The first-order valence-electron chi connectivity index (χ1n) is 38.7. The Hall–Kier alpha value is -1.77. The van der Waals surface area contributed by atoms with E-state index >= 15 is 0 Å². The number of phosphoric acid groups is 1. The van der Waals surface area contributed by atoms with Gasteiger partial charge in [-0.2, -0.15) is 0 Å². The van der Waals surface area contributed by atoms with Crippen molar-refractivity contribution in [1.29, 1.82) is 0 Å². The number of hydrogen-bond donors (Lipinski definition) is 0. The molecule has 0 N–H and O–H groups in total. The molecule has 0 aromatic heterocycles. The van der Waals surface area contributed by atoms with Gasteiger partial charge in [0.25, 0.3) is 7.82 Å². The number of carbonyl (C=O) groups is 2. The molecular formula is C78H150NO8P. The minimum atomic E-state index is -4.64. The quantitative estimate of drug-likeness (QED) is 0.0195. The fraction of sp³-hybridized carbons (Fsp3) is 0.897. The first kappa shape index (κ1) is 86.2. The second-order valence-corrected chi connectivity index (χ2v) is 29.1. The minimum absolute atomic E-state index is 0.0275. The van der Waals surface area contributed by atoms with Crippen LogP contribution in [0.1, 0.15) is 399 Å². The number of esters is 2. The van der Waals surface area contributed by atoms with Crippen molar-refractivity contribution in [3.8, 4) is 0 Å². The lowest BCUT2D eigenvalue weighted by molar-refractivity contribution is -0.870. The molecule has 0 aromatic rings. The SMILES string of the molecule is CCCCCCC/C=C\C/C=C\CCCCCCCCCCCCCCCCCCCCCCCCCCCCCC(=O)OC(COC(=O)CCCCCCCCCCCCCCC/C=C\CCCCCCCCCC)COP(=O)([O-])OCC[N+](C)(C)C. The molecule has 0 heterocycles. The van der Waals surface area contributed by atoms with Crippen LogP contribution in [0.3, 0.4) is 0 Å². The van der Waals surface area contributed by atoms with E-state index in [2.05, 4.69) is 50.3 Å². The van der Waals surface area contributed by atoms with E-state index in [0.29, 0.717) is 17.4 Å². The van der Waals surface area contributed by atoms with Crippen molar-refractivity contribution in [1.82, 2.24) is 0 Å². The van der Waals surface area contributed by atoms with Crippen molar-refractivity contribution >= 4 is 19.8 Å². The van der Waals surface area contributed by atoms with Gasteiger partial charge in [-0.3, -0.25) is 14.2 Å². The number of likely N-dealkylation sites (N-methyl/N-ethyl adjacent to an activating group) is 1. The van der Waals surface area contributed by atoms with E-state index in [-0.39, 0.29) is 32.0 Å². The Bertz CT molecular complexity index is 1580. The van der Waals surface area contributed by atoms with E-state index in [1.54, 1.807) is 0 Å². The summed E-state index contributed by atoms with van der Waals surface area (Å²) in [6.07, 6.45) is 89.8. The molecule has 2 atom stereocenters. The predicted octanol–water partition coefficient (Wildman–Crippen LogP) is 24.8. The van der Waals surface area contributed by atoms with E-state index in [9.17, 15) is 19.0 Å². The van der Waals surface area contributed by atoms with E-state index in [4.69, 9.17) is 18.5 Å². The van der Waals surface area contributed by atoms with Crippen molar-refractivity contribution in [3.05, 3.63) is 36.5 Å². The summed E-state index contributed by atoms with van der Waals surface area (Å²) < 4.78 is 34.4. The highest BCUT2D eigenvalue weighted by atomic mass is 31.2. The summed E-state index contributed by atoms with van der Waals surface area (Å²) in [7, 11) is 1.19. The number of hydrogen-bond acceptors (Lipinski definition) is 8.